The van der Waals surface area contributed by atoms with Crippen molar-refractivity contribution in [1.29, 1.82) is 0 Å². The molecular formula is C15H23NO2. The van der Waals surface area contributed by atoms with E-state index >= 15 is 0 Å². The summed E-state index contributed by atoms with van der Waals surface area (Å²) in [5, 5.41) is 9.41. The fourth-order valence-corrected chi connectivity index (χ4v) is 2.32. The Kier molecular flexibility index (Phi) is 5.02. The largest absolute Gasteiger partial charge is 0.492 e. The molecule has 0 bridgehead atoms. The van der Waals surface area contributed by atoms with Crippen LogP contribution in [0.1, 0.15) is 37.9 Å². The van der Waals surface area contributed by atoms with Crippen LogP contribution in [0.4, 0.5) is 0 Å². The summed E-state index contributed by atoms with van der Waals surface area (Å²) < 4.78 is 5.72. The number of aliphatic hydroxyl groups excluding tert-OH is 1. The van der Waals surface area contributed by atoms with Gasteiger partial charge < -0.3 is 9.84 Å². The maximum Gasteiger partial charge on any atom is 0.119 e. The molecule has 0 spiro atoms. The fraction of sp³-hybridized carbons (Fsp3) is 0.600. The van der Waals surface area contributed by atoms with Crippen LogP contribution < -0.4 is 4.74 Å². The van der Waals surface area contributed by atoms with E-state index in [-0.39, 0.29) is 0 Å². The predicted molar refractivity (Wildman–Crippen MR) is 72.9 cm³/mol. The first-order valence-electron chi connectivity index (χ1n) is 6.89. The van der Waals surface area contributed by atoms with Gasteiger partial charge in [0.25, 0.3) is 0 Å². The van der Waals surface area contributed by atoms with Crippen LogP contribution in [-0.4, -0.2) is 36.2 Å². The Morgan fingerprint density at radius 1 is 1.17 bits per heavy atom. The number of nitrogens with zero attached hydrogens (tertiary/aromatic N) is 1. The maximum absolute atomic E-state index is 9.41. The molecule has 0 saturated carbocycles. The molecule has 0 unspecified atom stereocenters. The van der Waals surface area contributed by atoms with Crippen molar-refractivity contribution in [3.63, 3.8) is 0 Å². The van der Waals surface area contributed by atoms with Crippen LogP contribution in [0, 0.1) is 0 Å². The van der Waals surface area contributed by atoms with E-state index < -0.39 is 6.10 Å². The van der Waals surface area contributed by atoms with Crippen molar-refractivity contribution in [1.82, 2.24) is 4.90 Å². The van der Waals surface area contributed by atoms with Gasteiger partial charge in [-0.3, -0.25) is 4.90 Å². The topological polar surface area (TPSA) is 32.7 Å². The smallest absolute Gasteiger partial charge is 0.119 e. The summed E-state index contributed by atoms with van der Waals surface area (Å²) >= 11 is 0. The molecule has 0 radical (unpaired) electrons. The Morgan fingerprint density at radius 2 is 1.83 bits per heavy atom. The van der Waals surface area contributed by atoms with Gasteiger partial charge in [0.2, 0.25) is 0 Å². The van der Waals surface area contributed by atoms with Gasteiger partial charge in [-0.15, -0.1) is 0 Å². The third-order valence-corrected chi connectivity index (χ3v) is 3.49. The Bertz CT molecular complexity index is 342. The number of hydrogen-bond donors (Lipinski definition) is 1. The molecule has 18 heavy (non-hydrogen) atoms. The number of hydrogen-bond acceptors (Lipinski definition) is 3. The summed E-state index contributed by atoms with van der Waals surface area (Å²) in [7, 11) is 0. The van der Waals surface area contributed by atoms with Crippen molar-refractivity contribution in [3.8, 4) is 5.75 Å². The highest BCUT2D eigenvalue weighted by molar-refractivity contribution is 5.28. The van der Waals surface area contributed by atoms with Crippen LogP contribution >= 0.6 is 0 Å². The molecule has 2 rings (SSSR count). The summed E-state index contributed by atoms with van der Waals surface area (Å²) in [4.78, 5) is 2.47. The number of rotatable bonds is 5. The van der Waals surface area contributed by atoms with Crippen molar-refractivity contribution < 1.29 is 9.84 Å². The van der Waals surface area contributed by atoms with E-state index in [4.69, 9.17) is 4.74 Å². The Hall–Kier alpha value is -1.06. The van der Waals surface area contributed by atoms with Gasteiger partial charge in [0, 0.05) is 6.54 Å². The normalized spacial score (nSPS) is 18.6. The van der Waals surface area contributed by atoms with Crippen LogP contribution in [0.25, 0.3) is 0 Å². The second-order valence-electron chi connectivity index (χ2n) is 5.00. The van der Waals surface area contributed by atoms with Crippen molar-refractivity contribution in [2.45, 2.75) is 32.3 Å². The molecule has 1 aliphatic rings. The van der Waals surface area contributed by atoms with E-state index in [1.807, 2.05) is 24.3 Å². The molecule has 1 fully saturated rings. The highest BCUT2D eigenvalue weighted by Gasteiger charge is 2.09. The summed E-state index contributed by atoms with van der Waals surface area (Å²) in [5.74, 6) is 0.886. The molecule has 3 heteroatoms. The lowest BCUT2D eigenvalue weighted by Crippen LogP contribution is -2.33. The van der Waals surface area contributed by atoms with Crippen molar-refractivity contribution in [2.24, 2.45) is 0 Å². The molecule has 1 saturated heterocycles. The predicted octanol–water partition coefficient (Wildman–Crippen LogP) is 2.60. The van der Waals surface area contributed by atoms with Crippen LogP contribution in [0.15, 0.2) is 24.3 Å². The van der Waals surface area contributed by atoms with E-state index in [1.165, 1.54) is 32.4 Å². The van der Waals surface area contributed by atoms with Crippen molar-refractivity contribution >= 4 is 0 Å². The molecule has 1 aromatic carbocycles. The zero-order valence-corrected chi connectivity index (χ0v) is 11.1. The number of piperidine rings is 1. The first-order chi connectivity index (χ1) is 8.75. The molecule has 1 N–H and O–H groups in total. The van der Waals surface area contributed by atoms with E-state index in [2.05, 4.69) is 4.90 Å². The number of aliphatic hydroxyl groups is 1. The van der Waals surface area contributed by atoms with Gasteiger partial charge in [0.05, 0.1) is 6.10 Å². The van der Waals surface area contributed by atoms with Gasteiger partial charge in [-0.1, -0.05) is 18.6 Å². The van der Waals surface area contributed by atoms with Crippen LogP contribution in [-0.2, 0) is 0 Å². The molecular weight excluding hydrogens is 226 g/mol. The Labute approximate surface area is 109 Å². The molecule has 100 valence electrons. The second-order valence-corrected chi connectivity index (χ2v) is 5.00. The molecule has 0 amide bonds. The van der Waals surface area contributed by atoms with E-state index in [0.29, 0.717) is 0 Å². The third-order valence-electron chi connectivity index (χ3n) is 3.49. The van der Waals surface area contributed by atoms with Crippen LogP contribution in [0.5, 0.6) is 5.75 Å². The average molecular weight is 249 g/mol. The zero-order valence-electron chi connectivity index (χ0n) is 11.1. The van der Waals surface area contributed by atoms with Gasteiger partial charge in [0.1, 0.15) is 12.4 Å². The number of ether oxygens (including phenoxy) is 1. The summed E-state index contributed by atoms with van der Waals surface area (Å²) in [5.41, 5.74) is 0.929. The third kappa shape index (κ3) is 4.00. The molecule has 1 atom stereocenters. The second kappa shape index (κ2) is 6.76. The molecule has 3 nitrogen and oxygen atoms in total. The molecule has 1 aliphatic heterocycles. The summed E-state index contributed by atoms with van der Waals surface area (Å²) in [6, 6.07) is 7.69. The molecule has 1 aromatic rings. The molecule has 0 aromatic heterocycles. The quantitative estimate of drug-likeness (QED) is 0.870. The van der Waals surface area contributed by atoms with Crippen LogP contribution in [0.3, 0.4) is 0 Å². The highest BCUT2D eigenvalue weighted by Crippen LogP contribution is 2.17. The van der Waals surface area contributed by atoms with Crippen molar-refractivity contribution in [3.05, 3.63) is 29.8 Å². The maximum atomic E-state index is 9.41. The van der Waals surface area contributed by atoms with Gasteiger partial charge in [-0.05, 0) is 50.6 Å². The van der Waals surface area contributed by atoms with E-state index in [0.717, 1.165) is 24.5 Å². The Morgan fingerprint density at radius 3 is 2.44 bits per heavy atom. The number of benzene rings is 1. The monoisotopic (exact) mass is 249 g/mol. The average Bonchev–Trinajstić information content (AvgIpc) is 2.40. The first-order valence-corrected chi connectivity index (χ1v) is 6.89. The lowest BCUT2D eigenvalue weighted by molar-refractivity contribution is 0.183. The standard InChI is InChI=1S/C15H23NO2/c1-13(17)14-5-7-15(8-6-14)18-12-11-16-9-3-2-4-10-16/h5-8,13,17H,2-4,9-12H2,1H3/t13-/m0/s1. The van der Waals surface area contributed by atoms with Gasteiger partial charge in [-0.25, -0.2) is 0 Å². The number of likely N-dealkylation sites (tertiary alicyclic amines) is 1. The lowest BCUT2D eigenvalue weighted by Gasteiger charge is -2.26. The zero-order chi connectivity index (χ0) is 12.8. The highest BCUT2D eigenvalue weighted by atomic mass is 16.5. The van der Waals surface area contributed by atoms with E-state index in [1.54, 1.807) is 6.92 Å². The summed E-state index contributed by atoms with van der Waals surface area (Å²) in [6.07, 6.45) is 3.61. The van der Waals surface area contributed by atoms with Crippen LogP contribution in [0.2, 0.25) is 0 Å². The van der Waals surface area contributed by atoms with Gasteiger partial charge >= 0.3 is 0 Å². The molecule has 0 aliphatic carbocycles. The molecule has 1 heterocycles. The van der Waals surface area contributed by atoms with Crippen molar-refractivity contribution in [2.75, 3.05) is 26.2 Å². The lowest BCUT2D eigenvalue weighted by atomic mass is 10.1. The fourth-order valence-electron chi connectivity index (χ4n) is 2.32. The minimum atomic E-state index is -0.410. The first kappa shape index (κ1) is 13.4. The SMILES string of the molecule is C[C@H](O)c1ccc(OCCN2CCCCC2)cc1. The van der Waals surface area contributed by atoms with Gasteiger partial charge in [-0.2, -0.15) is 0 Å². The summed E-state index contributed by atoms with van der Waals surface area (Å²) in [6.45, 7) is 5.95. The van der Waals surface area contributed by atoms with Gasteiger partial charge in [0.15, 0.2) is 0 Å². The minimum absolute atomic E-state index is 0.410. The Balaban J connectivity index is 1.72. The minimum Gasteiger partial charge on any atom is -0.492 e. The van der Waals surface area contributed by atoms with E-state index in [9.17, 15) is 5.11 Å².